The van der Waals surface area contributed by atoms with Gasteiger partial charge >= 0.3 is 5.97 Å². The number of carbonyl (C=O) groups excluding carboxylic acids is 3. The van der Waals surface area contributed by atoms with Crippen molar-refractivity contribution in [1.29, 1.82) is 0 Å². The average molecular weight is 549 g/mol. The number of benzene rings is 3. The zero-order valence-corrected chi connectivity index (χ0v) is 22.6. The molecule has 3 aromatic carbocycles. The van der Waals surface area contributed by atoms with Gasteiger partial charge < -0.3 is 9.64 Å². The van der Waals surface area contributed by atoms with Crippen LogP contribution in [0.4, 0.5) is 5.69 Å². The molecule has 2 unspecified atom stereocenters. The van der Waals surface area contributed by atoms with Crippen LogP contribution in [-0.4, -0.2) is 43.1 Å². The van der Waals surface area contributed by atoms with Crippen LogP contribution in [0.25, 0.3) is 0 Å². The maximum absolute atomic E-state index is 13.8. The fourth-order valence-electron chi connectivity index (χ4n) is 4.57. The third kappa shape index (κ3) is 6.72. The highest BCUT2D eigenvalue weighted by Crippen LogP contribution is 2.30. The maximum atomic E-state index is 13.8. The molecule has 0 radical (unpaired) electrons. The van der Waals surface area contributed by atoms with Crippen molar-refractivity contribution in [2.24, 2.45) is 5.92 Å². The van der Waals surface area contributed by atoms with Gasteiger partial charge in [0, 0.05) is 24.6 Å². The Balaban J connectivity index is 1.54. The highest BCUT2D eigenvalue weighted by molar-refractivity contribution is 7.89. The van der Waals surface area contributed by atoms with Gasteiger partial charge in [-0.25, -0.2) is 12.7 Å². The highest BCUT2D eigenvalue weighted by Gasteiger charge is 2.44. The summed E-state index contributed by atoms with van der Waals surface area (Å²) in [6, 6.07) is 24.7. The predicted molar refractivity (Wildman–Crippen MR) is 147 cm³/mol. The second-order valence-electron chi connectivity index (χ2n) is 9.52. The van der Waals surface area contributed by atoms with Gasteiger partial charge in [-0.15, -0.1) is 0 Å². The van der Waals surface area contributed by atoms with E-state index < -0.39 is 39.8 Å². The zero-order valence-electron chi connectivity index (χ0n) is 21.8. The molecule has 2 atom stereocenters. The van der Waals surface area contributed by atoms with E-state index in [2.05, 4.69) is 0 Å². The van der Waals surface area contributed by atoms with Crippen molar-refractivity contribution < 1.29 is 27.5 Å². The van der Waals surface area contributed by atoms with Crippen LogP contribution in [0, 0.1) is 5.92 Å². The van der Waals surface area contributed by atoms with Crippen molar-refractivity contribution in [1.82, 2.24) is 4.31 Å². The lowest BCUT2D eigenvalue weighted by Crippen LogP contribution is -2.57. The number of hydrogen-bond acceptors (Lipinski definition) is 6. The molecule has 0 bridgehead atoms. The Morgan fingerprint density at radius 2 is 1.54 bits per heavy atom. The Hall–Kier alpha value is -3.98. The number of rotatable bonds is 10. The van der Waals surface area contributed by atoms with Gasteiger partial charge in [-0.1, -0.05) is 73.7 Å². The molecule has 1 aliphatic heterocycles. The van der Waals surface area contributed by atoms with Gasteiger partial charge in [0.1, 0.15) is 12.6 Å². The van der Waals surface area contributed by atoms with E-state index in [1.165, 1.54) is 17.0 Å². The Morgan fingerprint density at radius 1 is 0.949 bits per heavy atom. The van der Waals surface area contributed by atoms with Crippen molar-refractivity contribution in [3.8, 4) is 0 Å². The first-order valence-corrected chi connectivity index (χ1v) is 14.4. The number of para-hydroxylation sites is 1. The number of amides is 2. The molecule has 9 heteroatoms. The molecule has 0 spiro atoms. The molecule has 0 saturated carbocycles. The molecule has 8 nitrogen and oxygen atoms in total. The normalized spacial score (nSPS) is 16.4. The van der Waals surface area contributed by atoms with Crippen molar-refractivity contribution in [2.45, 2.75) is 50.2 Å². The second-order valence-corrected chi connectivity index (χ2v) is 11.3. The van der Waals surface area contributed by atoms with E-state index in [0.29, 0.717) is 18.7 Å². The van der Waals surface area contributed by atoms with Crippen LogP contribution in [0.3, 0.4) is 0 Å². The van der Waals surface area contributed by atoms with Crippen molar-refractivity contribution in [2.75, 3.05) is 11.4 Å². The Bertz CT molecular complexity index is 1380. The monoisotopic (exact) mass is 548 g/mol. The summed E-state index contributed by atoms with van der Waals surface area (Å²) in [6.07, 6.45) is 0.760. The van der Waals surface area contributed by atoms with E-state index in [4.69, 9.17) is 4.74 Å². The Labute approximate surface area is 229 Å². The van der Waals surface area contributed by atoms with Crippen LogP contribution < -0.4 is 4.90 Å². The minimum absolute atomic E-state index is 0.0618. The number of ether oxygens (including phenoxy) is 1. The van der Waals surface area contributed by atoms with Gasteiger partial charge in [0.25, 0.3) is 15.9 Å². The molecule has 1 heterocycles. The molecular formula is C30H32N2O6S. The smallest absolute Gasteiger partial charge is 0.306 e. The standard InChI is InChI=1S/C30H32N2O6S/c1-23(19-20-28(33)38-22-24-12-5-2-6-13-24)29(34)32(39(36,37)26-16-9-4-10-17-26)27-18-11-21-31(30(27)35)25-14-7-3-8-15-25/h2-10,12-17,23,27H,11,18-22H2,1H3. The second kappa shape index (κ2) is 12.7. The first-order valence-electron chi connectivity index (χ1n) is 13.0. The van der Waals surface area contributed by atoms with Crippen LogP contribution in [0.5, 0.6) is 0 Å². The molecule has 0 aromatic heterocycles. The number of anilines is 1. The van der Waals surface area contributed by atoms with E-state index >= 15 is 0 Å². The van der Waals surface area contributed by atoms with Crippen molar-refractivity contribution >= 4 is 33.5 Å². The Morgan fingerprint density at radius 3 is 2.18 bits per heavy atom. The van der Waals surface area contributed by atoms with E-state index in [0.717, 1.165) is 9.87 Å². The summed E-state index contributed by atoms with van der Waals surface area (Å²) in [5.74, 6) is -2.50. The fourth-order valence-corrected chi connectivity index (χ4v) is 6.24. The van der Waals surface area contributed by atoms with Crippen molar-refractivity contribution in [3.05, 3.63) is 96.6 Å². The van der Waals surface area contributed by atoms with E-state index in [-0.39, 0.29) is 30.8 Å². The van der Waals surface area contributed by atoms with Crippen LogP contribution in [-0.2, 0) is 35.8 Å². The largest absolute Gasteiger partial charge is 0.461 e. The summed E-state index contributed by atoms with van der Waals surface area (Å²) < 4.78 is 33.7. The quantitative estimate of drug-likeness (QED) is 0.344. The molecular weight excluding hydrogens is 516 g/mol. The molecule has 0 aliphatic carbocycles. The molecule has 0 N–H and O–H groups in total. The van der Waals surface area contributed by atoms with Gasteiger partial charge in [0.2, 0.25) is 5.91 Å². The van der Waals surface area contributed by atoms with Gasteiger partial charge in [-0.2, -0.15) is 0 Å². The van der Waals surface area contributed by atoms with E-state index in [1.807, 2.05) is 36.4 Å². The van der Waals surface area contributed by atoms with Crippen molar-refractivity contribution in [3.63, 3.8) is 0 Å². The van der Waals surface area contributed by atoms with Crippen LogP contribution in [0.15, 0.2) is 95.9 Å². The van der Waals surface area contributed by atoms with Gasteiger partial charge in [0.05, 0.1) is 4.90 Å². The summed E-state index contributed by atoms with van der Waals surface area (Å²) in [6.45, 7) is 2.11. The molecule has 204 valence electrons. The third-order valence-corrected chi connectivity index (χ3v) is 8.54. The number of carbonyl (C=O) groups is 3. The van der Waals surface area contributed by atoms with Crippen LogP contribution >= 0.6 is 0 Å². The molecule has 4 rings (SSSR count). The summed E-state index contributed by atoms with van der Waals surface area (Å²) in [5, 5.41) is 0. The lowest BCUT2D eigenvalue weighted by atomic mass is 10.0. The molecule has 3 aromatic rings. The molecule has 1 aliphatic rings. The SMILES string of the molecule is CC(CCC(=O)OCc1ccccc1)C(=O)N(C1CCCN(c2ccccc2)C1=O)S(=O)(=O)c1ccccc1. The number of piperidine rings is 1. The minimum Gasteiger partial charge on any atom is -0.461 e. The van der Waals surface area contributed by atoms with E-state index in [9.17, 15) is 22.8 Å². The summed E-state index contributed by atoms with van der Waals surface area (Å²) in [4.78, 5) is 41.2. The lowest BCUT2D eigenvalue weighted by Gasteiger charge is -2.38. The summed E-state index contributed by atoms with van der Waals surface area (Å²) in [5.41, 5.74) is 1.49. The van der Waals surface area contributed by atoms with Crippen LogP contribution in [0.2, 0.25) is 0 Å². The summed E-state index contributed by atoms with van der Waals surface area (Å²) >= 11 is 0. The molecule has 1 saturated heterocycles. The Kier molecular flexibility index (Phi) is 9.14. The lowest BCUT2D eigenvalue weighted by molar-refractivity contribution is -0.145. The number of nitrogens with zero attached hydrogens (tertiary/aromatic N) is 2. The summed E-state index contributed by atoms with van der Waals surface area (Å²) in [7, 11) is -4.35. The molecule has 39 heavy (non-hydrogen) atoms. The highest BCUT2D eigenvalue weighted by atomic mass is 32.2. The predicted octanol–water partition coefficient (Wildman–Crippen LogP) is 4.56. The maximum Gasteiger partial charge on any atom is 0.306 e. The van der Waals surface area contributed by atoms with Gasteiger partial charge in [-0.3, -0.25) is 14.4 Å². The van der Waals surface area contributed by atoms with Gasteiger partial charge in [0.15, 0.2) is 0 Å². The average Bonchev–Trinajstić information content (AvgIpc) is 2.97. The number of esters is 1. The fraction of sp³-hybridized carbons (Fsp3) is 0.300. The van der Waals surface area contributed by atoms with Gasteiger partial charge in [-0.05, 0) is 49.1 Å². The van der Waals surface area contributed by atoms with E-state index in [1.54, 1.807) is 49.4 Å². The third-order valence-electron chi connectivity index (χ3n) is 6.72. The molecule has 1 fully saturated rings. The van der Waals surface area contributed by atoms with Crippen LogP contribution in [0.1, 0.15) is 38.2 Å². The number of sulfonamides is 1. The topological polar surface area (TPSA) is 101 Å². The first-order chi connectivity index (χ1) is 18.8. The number of hydrogen-bond donors (Lipinski definition) is 0. The zero-order chi connectivity index (χ0) is 27.8. The minimum atomic E-state index is -4.35. The molecule has 2 amide bonds. The first kappa shape index (κ1) is 28.0.